The van der Waals surface area contributed by atoms with Crippen LogP contribution in [0, 0.1) is 13.8 Å². The van der Waals surface area contributed by atoms with Gasteiger partial charge in [0.1, 0.15) is 0 Å². The van der Waals surface area contributed by atoms with Crippen LogP contribution in [0.3, 0.4) is 0 Å². The Morgan fingerprint density at radius 1 is 1.07 bits per heavy atom. The maximum atomic E-state index is 11.4. The third kappa shape index (κ3) is 2.67. The predicted octanol–water partition coefficient (Wildman–Crippen LogP) is 4.47. The highest BCUT2D eigenvalue weighted by Crippen LogP contribution is 2.42. The second kappa shape index (κ2) is 6.91. The fourth-order valence-corrected chi connectivity index (χ4v) is 5.24. The number of carboxylic acid groups (broad SMARTS) is 1. The van der Waals surface area contributed by atoms with Gasteiger partial charge in [-0.1, -0.05) is 26.0 Å². The Labute approximate surface area is 173 Å². The SMILES string of the molecule is CCC1=C(C)C2=C(c3ccc(C(=O)O)cc3)c3c(C)c(CC)c(C)n3B[N+]2=C1C. The number of allylic oxidation sites excluding steroid dienone is 2. The normalized spacial score (nSPS) is 15.7. The van der Waals surface area contributed by atoms with Gasteiger partial charge >= 0.3 is 13.5 Å². The maximum Gasteiger partial charge on any atom is 0.604 e. The standard InChI is InChI=1S/C24H27BN2O2/c1-7-19-13(3)22-21(17-9-11-18(12-10-17)24(28)29)23-14(4)20(8-2)16(6)27(23)25-26(22)15(19)5/h9-12,25H,7-8H2,1-6H3/p+1. The van der Waals surface area contributed by atoms with E-state index in [1.807, 2.05) is 12.1 Å². The Morgan fingerprint density at radius 2 is 1.72 bits per heavy atom. The summed E-state index contributed by atoms with van der Waals surface area (Å²) in [6.07, 6.45) is 2.02. The molecular weight excluding hydrogens is 359 g/mol. The number of fused-ring (bicyclic) bond motifs is 2. The molecule has 0 saturated heterocycles. The van der Waals surface area contributed by atoms with E-state index < -0.39 is 5.97 Å². The summed E-state index contributed by atoms with van der Waals surface area (Å²) in [5.41, 5.74) is 13.3. The van der Waals surface area contributed by atoms with Crippen molar-refractivity contribution in [3.05, 3.63) is 74.8 Å². The molecule has 0 atom stereocenters. The van der Waals surface area contributed by atoms with E-state index in [0.717, 1.165) is 26.0 Å². The lowest BCUT2D eigenvalue weighted by molar-refractivity contribution is -0.315. The van der Waals surface area contributed by atoms with Gasteiger partial charge in [0.15, 0.2) is 11.4 Å². The fourth-order valence-electron chi connectivity index (χ4n) is 5.24. The van der Waals surface area contributed by atoms with Gasteiger partial charge in [0, 0.05) is 23.8 Å². The quantitative estimate of drug-likeness (QED) is 0.787. The van der Waals surface area contributed by atoms with Crippen molar-refractivity contribution in [1.29, 1.82) is 0 Å². The zero-order valence-electron chi connectivity index (χ0n) is 18.2. The van der Waals surface area contributed by atoms with Crippen LogP contribution in [0.15, 0.2) is 41.1 Å². The molecule has 1 aromatic heterocycles. The topological polar surface area (TPSA) is 45.2 Å². The number of rotatable bonds is 4. The second-order valence-electron chi connectivity index (χ2n) is 8.04. The average Bonchev–Trinajstić information content (AvgIpc) is 3.10. The summed E-state index contributed by atoms with van der Waals surface area (Å²) in [6.45, 7) is 13.3. The maximum absolute atomic E-state index is 11.4. The third-order valence-corrected chi connectivity index (χ3v) is 6.72. The monoisotopic (exact) mass is 387 g/mol. The molecule has 29 heavy (non-hydrogen) atoms. The Balaban J connectivity index is 2.08. The molecule has 0 radical (unpaired) electrons. The number of carboxylic acids is 1. The highest BCUT2D eigenvalue weighted by molar-refractivity contribution is 6.30. The van der Waals surface area contributed by atoms with Crippen molar-refractivity contribution in [1.82, 2.24) is 4.48 Å². The number of aromatic carboxylic acids is 1. The molecule has 0 amide bonds. The summed E-state index contributed by atoms with van der Waals surface area (Å²) in [5.74, 6) is -0.891. The molecule has 0 spiro atoms. The van der Waals surface area contributed by atoms with E-state index >= 15 is 0 Å². The van der Waals surface area contributed by atoms with Crippen molar-refractivity contribution in [2.75, 3.05) is 0 Å². The molecule has 0 aliphatic carbocycles. The first-order chi connectivity index (χ1) is 13.8. The molecule has 4 nitrogen and oxygen atoms in total. The second-order valence-corrected chi connectivity index (χ2v) is 8.04. The largest absolute Gasteiger partial charge is 0.604 e. The Bertz CT molecular complexity index is 1140. The van der Waals surface area contributed by atoms with E-state index in [1.165, 1.54) is 50.6 Å². The van der Waals surface area contributed by atoms with Crippen LogP contribution >= 0.6 is 0 Å². The first-order valence-electron chi connectivity index (χ1n) is 10.4. The zero-order valence-corrected chi connectivity index (χ0v) is 18.2. The Kier molecular flexibility index (Phi) is 4.64. The summed E-state index contributed by atoms with van der Waals surface area (Å²) >= 11 is 0. The van der Waals surface area contributed by atoms with E-state index in [4.69, 9.17) is 0 Å². The van der Waals surface area contributed by atoms with Crippen LogP contribution in [0.1, 0.15) is 72.6 Å². The summed E-state index contributed by atoms with van der Waals surface area (Å²) < 4.78 is 4.88. The number of carbonyl (C=O) groups is 1. The van der Waals surface area contributed by atoms with Crippen LogP contribution in [-0.4, -0.2) is 33.3 Å². The van der Waals surface area contributed by atoms with Gasteiger partial charge in [0.05, 0.1) is 16.8 Å². The van der Waals surface area contributed by atoms with Crippen LogP contribution in [0.4, 0.5) is 0 Å². The van der Waals surface area contributed by atoms with Crippen molar-refractivity contribution in [2.45, 2.75) is 54.4 Å². The molecule has 2 aliphatic heterocycles. The molecule has 3 heterocycles. The van der Waals surface area contributed by atoms with Crippen molar-refractivity contribution in [2.24, 2.45) is 0 Å². The number of hydrogen-bond donors (Lipinski definition) is 1. The Morgan fingerprint density at radius 3 is 2.28 bits per heavy atom. The van der Waals surface area contributed by atoms with E-state index in [0.29, 0.717) is 5.56 Å². The fraction of sp³-hybridized carbons (Fsp3) is 0.333. The van der Waals surface area contributed by atoms with Crippen LogP contribution in [0.25, 0.3) is 5.57 Å². The van der Waals surface area contributed by atoms with Gasteiger partial charge in [-0.15, -0.1) is 0 Å². The lowest BCUT2D eigenvalue weighted by Crippen LogP contribution is -2.32. The first-order valence-corrected chi connectivity index (χ1v) is 10.4. The molecule has 0 bridgehead atoms. The van der Waals surface area contributed by atoms with Crippen LogP contribution in [-0.2, 0) is 6.42 Å². The van der Waals surface area contributed by atoms with E-state index in [-0.39, 0.29) is 0 Å². The molecule has 1 N–H and O–H groups in total. The Hall–Kier alpha value is -2.82. The lowest BCUT2D eigenvalue weighted by atomic mass is 9.88. The molecule has 0 saturated carbocycles. The van der Waals surface area contributed by atoms with Crippen molar-refractivity contribution < 1.29 is 14.4 Å². The zero-order chi connectivity index (χ0) is 21.0. The van der Waals surface area contributed by atoms with Gasteiger partial charge in [0.2, 0.25) is 0 Å². The van der Waals surface area contributed by atoms with Crippen molar-refractivity contribution >= 4 is 24.8 Å². The number of benzene rings is 1. The van der Waals surface area contributed by atoms with E-state index in [9.17, 15) is 9.90 Å². The number of nitrogens with zero attached hydrogens (tertiary/aromatic N) is 2. The summed E-state index contributed by atoms with van der Waals surface area (Å²) in [6, 6.07) is 7.34. The minimum Gasteiger partial charge on any atom is -0.478 e. The van der Waals surface area contributed by atoms with Gasteiger partial charge in [0.25, 0.3) is 0 Å². The van der Waals surface area contributed by atoms with Gasteiger partial charge in [-0.05, 0) is 62.4 Å². The first kappa shape index (κ1) is 19.5. The van der Waals surface area contributed by atoms with Crippen LogP contribution < -0.4 is 0 Å². The number of hydrogen-bond acceptors (Lipinski definition) is 1. The molecular formula is C24H28BN2O2+. The summed E-state index contributed by atoms with van der Waals surface area (Å²) in [5, 5.41) is 9.32. The lowest BCUT2D eigenvalue weighted by Gasteiger charge is -2.21. The minimum absolute atomic E-state index is 0.320. The van der Waals surface area contributed by atoms with Gasteiger partial charge in [-0.25, -0.2) is 4.79 Å². The molecule has 2 aliphatic rings. The highest BCUT2D eigenvalue weighted by Gasteiger charge is 2.42. The summed E-state index contributed by atoms with van der Waals surface area (Å²) in [4.78, 5) is 11.4. The minimum atomic E-state index is -0.891. The van der Waals surface area contributed by atoms with Crippen LogP contribution in [0.5, 0.6) is 0 Å². The van der Waals surface area contributed by atoms with Gasteiger partial charge in [-0.2, -0.15) is 0 Å². The van der Waals surface area contributed by atoms with E-state index in [2.05, 4.69) is 50.5 Å². The van der Waals surface area contributed by atoms with Gasteiger partial charge in [-0.3, -0.25) is 4.49 Å². The van der Waals surface area contributed by atoms with Crippen molar-refractivity contribution in [3.63, 3.8) is 0 Å². The average molecular weight is 387 g/mol. The predicted molar refractivity (Wildman–Crippen MR) is 119 cm³/mol. The van der Waals surface area contributed by atoms with Crippen molar-refractivity contribution in [3.8, 4) is 0 Å². The molecule has 4 rings (SSSR count). The van der Waals surface area contributed by atoms with Crippen LogP contribution in [0.2, 0.25) is 0 Å². The summed E-state index contributed by atoms with van der Waals surface area (Å²) in [7, 11) is 0.834. The van der Waals surface area contributed by atoms with Gasteiger partial charge < -0.3 is 9.58 Å². The highest BCUT2D eigenvalue weighted by atomic mass is 16.4. The molecule has 2 aromatic rings. The smallest absolute Gasteiger partial charge is 0.478 e. The molecule has 148 valence electrons. The molecule has 5 heteroatoms. The third-order valence-electron chi connectivity index (χ3n) is 6.72. The molecule has 0 fully saturated rings. The molecule has 1 aromatic carbocycles. The van der Waals surface area contributed by atoms with E-state index in [1.54, 1.807) is 12.1 Å². The molecule has 0 unspecified atom stereocenters. The number of aromatic nitrogens is 1.